The van der Waals surface area contributed by atoms with Crippen LogP contribution in [0.3, 0.4) is 0 Å². The number of carbonyl (C=O) groups excluding carboxylic acids is 2. The Balaban J connectivity index is 1.48. The topological polar surface area (TPSA) is 96.0 Å². The molecule has 4 aliphatic rings. The molecule has 0 aromatic carbocycles. The molecule has 8 nitrogen and oxygen atoms in total. The first-order valence-electron chi connectivity index (χ1n) is 12.4. The molecule has 0 aromatic heterocycles. The predicted octanol–water partition coefficient (Wildman–Crippen LogP) is 1.89. The SMILES string of the molecule is CNS(=O)(=O)C1CCC(C2CCC3C(C2)N(C(=O)C2CCCO2)C[C@H](C)N3C(C)=O)CC1. The van der Waals surface area contributed by atoms with Crippen LogP contribution in [0.15, 0.2) is 0 Å². The average molecular weight is 470 g/mol. The maximum Gasteiger partial charge on any atom is 0.252 e. The Morgan fingerprint density at radius 3 is 2.25 bits per heavy atom. The van der Waals surface area contributed by atoms with Crippen LogP contribution in [0, 0.1) is 11.8 Å². The van der Waals surface area contributed by atoms with Gasteiger partial charge in [-0.1, -0.05) is 0 Å². The molecular formula is C23H39N3O5S. The number of rotatable bonds is 4. The minimum Gasteiger partial charge on any atom is -0.368 e. The van der Waals surface area contributed by atoms with Crippen molar-refractivity contribution in [2.45, 2.75) is 101 Å². The van der Waals surface area contributed by atoms with Crippen LogP contribution in [0.25, 0.3) is 0 Å². The van der Waals surface area contributed by atoms with Crippen molar-refractivity contribution >= 4 is 21.8 Å². The van der Waals surface area contributed by atoms with E-state index in [9.17, 15) is 18.0 Å². The van der Waals surface area contributed by atoms with Crippen LogP contribution in [0.4, 0.5) is 0 Å². The third-order valence-electron chi connectivity index (χ3n) is 8.48. The summed E-state index contributed by atoms with van der Waals surface area (Å²) in [5.41, 5.74) is 0. The Labute approximate surface area is 192 Å². The van der Waals surface area contributed by atoms with E-state index in [1.807, 2.05) is 16.7 Å². The monoisotopic (exact) mass is 469 g/mol. The molecule has 4 fully saturated rings. The number of nitrogens with zero attached hydrogens (tertiary/aromatic N) is 2. The Hall–Kier alpha value is -1.19. The van der Waals surface area contributed by atoms with E-state index in [4.69, 9.17) is 4.74 Å². The molecule has 2 saturated heterocycles. The second kappa shape index (κ2) is 9.58. The van der Waals surface area contributed by atoms with Gasteiger partial charge in [-0.15, -0.1) is 0 Å². The van der Waals surface area contributed by atoms with Gasteiger partial charge in [-0.3, -0.25) is 9.59 Å². The summed E-state index contributed by atoms with van der Waals surface area (Å²) in [4.78, 5) is 29.9. The number of sulfonamides is 1. The molecule has 9 heteroatoms. The molecule has 0 aromatic rings. The fourth-order valence-corrected chi connectivity index (χ4v) is 8.10. The van der Waals surface area contributed by atoms with Crippen molar-refractivity contribution in [3.05, 3.63) is 0 Å². The van der Waals surface area contributed by atoms with Gasteiger partial charge in [-0.25, -0.2) is 13.1 Å². The van der Waals surface area contributed by atoms with Gasteiger partial charge >= 0.3 is 0 Å². The smallest absolute Gasteiger partial charge is 0.252 e. The summed E-state index contributed by atoms with van der Waals surface area (Å²) in [6.45, 7) is 4.90. The molecule has 0 radical (unpaired) electrons. The lowest BCUT2D eigenvalue weighted by Crippen LogP contribution is -2.68. The number of ether oxygens (including phenoxy) is 1. The summed E-state index contributed by atoms with van der Waals surface area (Å²) in [7, 11) is -1.71. The third kappa shape index (κ3) is 4.57. The van der Waals surface area contributed by atoms with Gasteiger partial charge in [0, 0.05) is 26.1 Å². The minimum absolute atomic E-state index is 0.0119. The van der Waals surface area contributed by atoms with E-state index >= 15 is 0 Å². The molecule has 5 atom stereocenters. The largest absolute Gasteiger partial charge is 0.368 e. The standard InChI is InChI=1S/C23H39N3O5S/c1-15-14-25(23(28)22-5-4-12-31-22)21-13-18(8-11-20(21)26(15)16(2)27)17-6-9-19(10-7-17)32(29,30)24-3/h15,17-22,24H,4-14H2,1-3H3/t15-,17?,18?,19?,20?,21?,22?/m0/s1. The Bertz CT molecular complexity index is 804. The van der Waals surface area contributed by atoms with Crippen molar-refractivity contribution in [1.29, 1.82) is 0 Å². The maximum absolute atomic E-state index is 13.4. The van der Waals surface area contributed by atoms with Gasteiger partial charge in [0.2, 0.25) is 15.9 Å². The van der Waals surface area contributed by atoms with Crippen molar-refractivity contribution in [3.63, 3.8) is 0 Å². The highest BCUT2D eigenvalue weighted by molar-refractivity contribution is 7.90. The first-order chi connectivity index (χ1) is 15.2. The quantitative estimate of drug-likeness (QED) is 0.678. The van der Waals surface area contributed by atoms with Crippen LogP contribution in [0.5, 0.6) is 0 Å². The van der Waals surface area contributed by atoms with Crippen LogP contribution in [-0.4, -0.2) is 79.7 Å². The van der Waals surface area contributed by atoms with Crippen molar-refractivity contribution in [2.24, 2.45) is 11.8 Å². The number of fused-ring (bicyclic) bond motifs is 1. The highest BCUT2D eigenvalue weighted by Crippen LogP contribution is 2.43. The summed E-state index contributed by atoms with van der Waals surface area (Å²) >= 11 is 0. The molecule has 1 N–H and O–H groups in total. The molecule has 0 bridgehead atoms. The zero-order valence-corrected chi connectivity index (χ0v) is 20.5. The van der Waals surface area contributed by atoms with E-state index in [1.165, 1.54) is 7.05 Å². The van der Waals surface area contributed by atoms with Crippen LogP contribution in [-0.2, 0) is 24.3 Å². The summed E-state index contributed by atoms with van der Waals surface area (Å²) in [6.07, 6.45) is 7.45. The molecule has 2 aliphatic carbocycles. The van der Waals surface area contributed by atoms with E-state index < -0.39 is 10.0 Å². The van der Waals surface area contributed by atoms with Crippen molar-refractivity contribution in [1.82, 2.24) is 14.5 Å². The Morgan fingerprint density at radius 1 is 0.969 bits per heavy atom. The number of carbonyl (C=O) groups is 2. The second-order valence-electron chi connectivity index (χ2n) is 10.3. The van der Waals surface area contributed by atoms with Crippen LogP contribution in [0.1, 0.15) is 71.6 Å². The van der Waals surface area contributed by atoms with Gasteiger partial charge in [0.1, 0.15) is 6.10 Å². The number of piperazine rings is 1. The van der Waals surface area contributed by atoms with Crippen molar-refractivity contribution < 1.29 is 22.7 Å². The number of amides is 2. The second-order valence-corrected chi connectivity index (χ2v) is 12.4. The number of hydrogen-bond acceptors (Lipinski definition) is 5. The van der Waals surface area contributed by atoms with Gasteiger partial charge in [0.25, 0.3) is 5.91 Å². The molecule has 0 spiro atoms. The fraction of sp³-hybridized carbons (Fsp3) is 0.913. The molecule has 182 valence electrons. The van der Waals surface area contributed by atoms with Crippen molar-refractivity contribution in [3.8, 4) is 0 Å². The van der Waals surface area contributed by atoms with Crippen LogP contribution in [0.2, 0.25) is 0 Å². The molecule has 2 amide bonds. The highest BCUT2D eigenvalue weighted by Gasteiger charge is 2.49. The molecule has 4 rings (SSSR count). The minimum atomic E-state index is -3.21. The average Bonchev–Trinajstić information content (AvgIpc) is 3.32. The summed E-state index contributed by atoms with van der Waals surface area (Å²) in [5.74, 6) is 1.14. The van der Waals surface area contributed by atoms with Crippen LogP contribution < -0.4 is 4.72 Å². The highest BCUT2D eigenvalue weighted by atomic mass is 32.2. The molecular weight excluding hydrogens is 430 g/mol. The van der Waals surface area contributed by atoms with Gasteiger partial charge in [-0.05, 0) is 83.6 Å². The number of hydrogen-bond donors (Lipinski definition) is 1. The molecule has 32 heavy (non-hydrogen) atoms. The normalized spacial score (nSPS) is 38.4. The number of nitrogens with one attached hydrogen (secondary N) is 1. The van der Waals surface area contributed by atoms with Gasteiger partial charge in [-0.2, -0.15) is 0 Å². The zero-order valence-electron chi connectivity index (χ0n) is 19.7. The van der Waals surface area contributed by atoms with Gasteiger partial charge < -0.3 is 14.5 Å². The zero-order chi connectivity index (χ0) is 23.0. The third-order valence-corrected chi connectivity index (χ3v) is 10.4. The molecule has 2 heterocycles. The van der Waals surface area contributed by atoms with Crippen LogP contribution >= 0.6 is 0 Å². The summed E-state index contributed by atoms with van der Waals surface area (Å²) in [6, 6.07) is 0.112. The van der Waals surface area contributed by atoms with Gasteiger partial charge in [0.15, 0.2) is 0 Å². The van der Waals surface area contributed by atoms with E-state index in [2.05, 4.69) is 4.72 Å². The lowest BCUT2D eigenvalue weighted by Gasteiger charge is -2.55. The molecule has 2 aliphatic heterocycles. The van der Waals surface area contributed by atoms with Crippen molar-refractivity contribution in [2.75, 3.05) is 20.2 Å². The summed E-state index contributed by atoms with van der Waals surface area (Å²) in [5, 5.41) is -0.290. The Morgan fingerprint density at radius 2 is 1.66 bits per heavy atom. The summed E-state index contributed by atoms with van der Waals surface area (Å²) < 4.78 is 32.6. The predicted molar refractivity (Wildman–Crippen MR) is 121 cm³/mol. The first-order valence-corrected chi connectivity index (χ1v) is 13.9. The van der Waals surface area contributed by atoms with E-state index in [0.29, 0.717) is 37.8 Å². The molecule has 2 saturated carbocycles. The maximum atomic E-state index is 13.4. The molecule has 4 unspecified atom stereocenters. The van der Waals surface area contributed by atoms with E-state index in [0.717, 1.165) is 44.9 Å². The first kappa shape index (κ1) is 24.0. The Kier molecular flexibility index (Phi) is 7.17. The van der Waals surface area contributed by atoms with E-state index in [1.54, 1.807) is 6.92 Å². The lowest BCUT2D eigenvalue weighted by atomic mass is 9.69. The lowest BCUT2D eigenvalue weighted by molar-refractivity contribution is -0.160. The fourth-order valence-electron chi connectivity index (χ4n) is 6.88. The van der Waals surface area contributed by atoms with Gasteiger partial charge in [0.05, 0.1) is 17.3 Å². The van der Waals surface area contributed by atoms with E-state index in [-0.39, 0.29) is 41.3 Å².